The topological polar surface area (TPSA) is 81.2 Å². The van der Waals surface area contributed by atoms with E-state index < -0.39 is 0 Å². The Morgan fingerprint density at radius 1 is 1.41 bits per heavy atom. The molecule has 22 heavy (non-hydrogen) atoms. The lowest BCUT2D eigenvalue weighted by atomic mass is 9.62. The van der Waals surface area contributed by atoms with Gasteiger partial charge < -0.3 is 15.6 Å². The Hall–Kier alpha value is -1.36. The lowest BCUT2D eigenvalue weighted by molar-refractivity contribution is 0.0665. The molecule has 122 valence electrons. The van der Waals surface area contributed by atoms with Gasteiger partial charge >= 0.3 is 0 Å². The zero-order valence-corrected chi connectivity index (χ0v) is 13.8. The smallest absolute Gasteiger partial charge is 0.273 e. The molecule has 5 nitrogen and oxygen atoms in total. The lowest BCUT2D eigenvalue weighted by Crippen LogP contribution is -2.49. The minimum Gasteiger partial charge on any atom is -0.360 e. The van der Waals surface area contributed by atoms with Crippen molar-refractivity contribution in [2.75, 3.05) is 6.54 Å². The maximum absolute atomic E-state index is 12.4. The van der Waals surface area contributed by atoms with Crippen LogP contribution in [0.25, 0.3) is 0 Å². The minimum atomic E-state index is -0.127. The van der Waals surface area contributed by atoms with Gasteiger partial charge in [-0.25, -0.2) is 0 Å². The highest BCUT2D eigenvalue weighted by molar-refractivity contribution is 5.92. The highest BCUT2D eigenvalue weighted by Gasteiger charge is 2.41. The monoisotopic (exact) mass is 305 g/mol. The summed E-state index contributed by atoms with van der Waals surface area (Å²) >= 11 is 0. The average molecular weight is 305 g/mol. The first-order valence-electron chi connectivity index (χ1n) is 8.28. The van der Waals surface area contributed by atoms with Gasteiger partial charge in [-0.3, -0.25) is 4.79 Å². The lowest BCUT2D eigenvalue weighted by Gasteiger charge is -2.46. The van der Waals surface area contributed by atoms with Gasteiger partial charge in [0.2, 0.25) is 0 Å². The number of rotatable bonds is 4. The molecule has 0 radical (unpaired) electrons. The predicted octanol–water partition coefficient (Wildman–Crippen LogP) is 2.83. The van der Waals surface area contributed by atoms with Crippen LogP contribution in [-0.4, -0.2) is 23.7 Å². The summed E-state index contributed by atoms with van der Waals surface area (Å²) in [5, 5.41) is 7.06. The molecule has 2 aliphatic carbocycles. The second kappa shape index (κ2) is 5.37. The molecule has 2 saturated carbocycles. The van der Waals surface area contributed by atoms with E-state index in [1.54, 1.807) is 6.07 Å². The van der Waals surface area contributed by atoms with E-state index in [9.17, 15) is 4.79 Å². The summed E-state index contributed by atoms with van der Waals surface area (Å²) in [6.45, 7) is 7.37. The van der Waals surface area contributed by atoms with E-state index in [4.69, 9.17) is 10.3 Å². The van der Waals surface area contributed by atoms with Crippen LogP contribution in [0.3, 0.4) is 0 Å². The molecule has 1 heterocycles. The van der Waals surface area contributed by atoms with Crippen LogP contribution in [0.15, 0.2) is 10.6 Å². The Labute approximate surface area is 132 Å². The molecule has 0 spiro atoms. The number of amides is 1. The van der Waals surface area contributed by atoms with Crippen molar-refractivity contribution in [2.45, 2.75) is 64.8 Å². The van der Waals surface area contributed by atoms with E-state index in [-0.39, 0.29) is 22.8 Å². The SMILES string of the molecule is CC1(C)CC(NC(=O)c2cc(C3CC3)on2)CC(C)(CN)C1. The Morgan fingerprint density at radius 2 is 2.14 bits per heavy atom. The van der Waals surface area contributed by atoms with Crippen LogP contribution < -0.4 is 11.1 Å². The molecule has 2 atom stereocenters. The van der Waals surface area contributed by atoms with Crippen molar-refractivity contribution in [3.05, 3.63) is 17.5 Å². The Morgan fingerprint density at radius 3 is 2.77 bits per heavy atom. The van der Waals surface area contributed by atoms with Crippen LogP contribution in [0.4, 0.5) is 0 Å². The molecule has 1 aromatic rings. The normalized spacial score (nSPS) is 31.0. The van der Waals surface area contributed by atoms with Crippen molar-refractivity contribution in [3.8, 4) is 0 Å². The molecule has 1 amide bonds. The van der Waals surface area contributed by atoms with Crippen molar-refractivity contribution in [1.82, 2.24) is 10.5 Å². The summed E-state index contributed by atoms with van der Waals surface area (Å²) in [6, 6.07) is 1.94. The number of nitrogens with two attached hydrogens (primary N) is 1. The van der Waals surface area contributed by atoms with Gasteiger partial charge in [-0.05, 0) is 49.5 Å². The van der Waals surface area contributed by atoms with E-state index in [0.717, 1.165) is 37.9 Å². The zero-order chi connectivity index (χ0) is 16.0. The number of hydrogen-bond acceptors (Lipinski definition) is 4. The largest absolute Gasteiger partial charge is 0.360 e. The summed E-state index contributed by atoms with van der Waals surface area (Å²) in [6.07, 6.45) is 5.27. The van der Waals surface area contributed by atoms with Gasteiger partial charge in [-0.15, -0.1) is 0 Å². The average Bonchev–Trinajstić information content (AvgIpc) is 3.14. The molecular weight excluding hydrogens is 278 g/mol. The summed E-state index contributed by atoms with van der Waals surface area (Å²) in [5.74, 6) is 1.20. The first kappa shape index (κ1) is 15.5. The third-order valence-electron chi connectivity index (χ3n) is 5.01. The van der Waals surface area contributed by atoms with Gasteiger partial charge in [0.15, 0.2) is 5.69 Å². The fourth-order valence-electron chi connectivity index (χ4n) is 4.11. The van der Waals surface area contributed by atoms with Gasteiger partial charge in [0.05, 0.1) is 0 Å². The summed E-state index contributed by atoms with van der Waals surface area (Å²) in [7, 11) is 0. The highest BCUT2D eigenvalue weighted by Crippen LogP contribution is 2.45. The Kier molecular flexibility index (Phi) is 3.79. The second-order valence-corrected chi connectivity index (χ2v) is 8.32. The first-order valence-corrected chi connectivity index (χ1v) is 8.28. The number of hydrogen-bond donors (Lipinski definition) is 2. The van der Waals surface area contributed by atoms with Crippen LogP contribution in [0.5, 0.6) is 0 Å². The fraction of sp³-hybridized carbons (Fsp3) is 0.765. The molecule has 0 bridgehead atoms. The van der Waals surface area contributed by atoms with Crippen molar-refractivity contribution in [1.29, 1.82) is 0 Å². The summed E-state index contributed by atoms with van der Waals surface area (Å²) < 4.78 is 5.27. The van der Waals surface area contributed by atoms with Gasteiger partial charge in [0.25, 0.3) is 5.91 Å². The van der Waals surface area contributed by atoms with Gasteiger partial charge in [-0.1, -0.05) is 25.9 Å². The van der Waals surface area contributed by atoms with Crippen LogP contribution >= 0.6 is 0 Å². The van der Waals surface area contributed by atoms with Crippen molar-refractivity contribution in [3.63, 3.8) is 0 Å². The standard InChI is InChI=1S/C17H27N3O2/c1-16(2)7-12(8-17(3,9-16)10-18)19-15(21)13-6-14(22-20-13)11-4-5-11/h6,11-12H,4-5,7-10,18H2,1-3H3,(H,19,21). The molecule has 3 rings (SSSR count). The van der Waals surface area contributed by atoms with Crippen LogP contribution in [0, 0.1) is 10.8 Å². The minimum absolute atomic E-state index is 0.0860. The van der Waals surface area contributed by atoms with Crippen molar-refractivity contribution in [2.24, 2.45) is 16.6 Å². The number of nitrogens with zero attached hydrogens (tertiary/aromatic N) is 1. The third kappa shape index (κ3) is 3.35. The highest BCUT2D eigenvalue weighted by atomic mass is 16.5. The summed E-state index contributed by atoms with van der Waals surface area (Å²) in [4.78, 5) is 12.4. The summed E-state index contributed by atoms with van der Waals surface area (Å²) in [5.41, 5.74) is 6.64. The number of carbonyl (C=O) groups excluding carboxylic acids is 1. The molecule has 0 aliphatic heterocycles. The molecule has 0 saturated heterocycles. The van der Waals surface area contributed by atoms with E-state index >= 15 is 0 Å². The molecule has 5 heteroatoms. The van der Waals surface area contributed by atoms with Gasteiger partial charge in [0.1, 0.15) is 5.76 Å². The predicted molar refractivity (Wildman–Crippen MR) is 84.5 cm³/mol. The number of carbonyl (C=O) groups is 1. The van der Waals surface area contributed by atoms with Crippen LogP contribution in [0.1, 0.15) is 75.0 Å². The fourth-order valence-corrected chi connectivity index (χ4v) is 4.11. The van der Waals surface area contributed by atoms with E-state index in [2.05, 4.69) is 31.2 Å². The van der Waals surface area contributed by atoms with Crippen LogP contribution in [0.2, 0.25) is 0 Å². The second-order valence-electron chi connectivity index (χ2n) is 8.32. The molecule has 2 fully saturated rings. The van der Waals surface area contributed by atoms with Crippen LogP contribution in [-0.2, 0) is 0 Å². The molecular formula is C17H27N3O2. The number of aromatic nitrogens is 1. The Bertz CT molecular complexity index is 562. The van der Waals surface area contributed by atoms with E-state index in [0.29, 0.717) is 18.2 Å². The third-order valence-corrected chi connectivity index (χ3v) is 5.01. The van der Waals surface area contributed by atoms with Crippen molar-refractivity contribution >= 4 is 5.91 Å². The zero-order valence-electron chi connectivity index (χ0n) is 13.8. The molecule has 1 aromatic heterocycles. The van der Waals surface area contributed by atoms with E-state index in [1.807, 2.05) is 0 Å². The maximum Gasteiger partial charge on any atom is 0.273 e. The van der Waals surface area contributed by atoms with Gasteiger partial charge in [-0.2, -0.15) is 0 Å². The number of nitrogens with one attached hydrogen (secondary N) is 1. The van der Waals surface area contributed by atoms with E-state index in [1.165, 1.54) is 0 Å². The van der Waals surface area contributed by atoms with Gasteiger partial charge in [0, 0.05) is 18.0 Å². The quantitative estimate of drug-likeness (QED) is 0.896. The Balaban J connectivity index is 1.66. The molecule has 2 aliphatic rings. The molecule has 0 aromatic carbocycles. The molecule has 2 unspecified atom stereocenters. The van der Waals surface area contributed by atoms with Crippen molar-refractivity contribution < 1.29 is 9.32 Å². The molecule has 3 N–H and O–H groups in total. The first-order chi connectivity index (χ1) is 10.3. The maximum atomic E-state index is 12.4.